The van der Waals surface area contributed by atoms with Gasteiger partial charge in [-0.25, -0.2) is 0 Å². The van der Waals surface area contributed by atoms with E-state index in [2.05, 4.69) is 18.4 Å². The van der Waals surface area contributed by atoms with E-state index in [1.807, 2.05) is 18.2 Å². The van der Waals surface area contributed by atoms with E-state index in [0.29, 0.717) is 0 Å². The third kappa shape index (κ3) is 5.49. The summed E-state index contributed by atoms with van der Waals surface area (Å²) < 4.78 is 10.7. The fourth-order valence-electron chi connectivity index (χ4n) is 1.80. The van der Waals surface area contributed by atoms with Gasteiger partial charge in [-0.3, -0.25) is 11.3 Å². The van der Waals surface area contributed by atoms with Gasteiger partial charge in [0.25, 0.3) is 0 Å². The number of nitrogens with two attached hydrogens (primary N) is 1. The zero-order valence-corrected chi connectivity index (χ0v) is 11.3. The van der Waals surface area contributed by atoms with E-state index in [1.165, 1.54) is 5.56 Å². The Labute approximate surface area is 109 Å². The number of hydrogen-bond acceptors (Lipinski definition) is 4. The quantitative estimate of drug-likeness (QED) is 0.400. The first-order chi connectivity index (χ1) is 8.80. The molecule has 0 aromatic heterocycles. The molecule has 0 aliphatic rings. The average molecular weight is 252 g/mol. The molecule has 102 valence electrons. The van der Waals surface area contributed by atoms with E-state index >= 15 is 0 Å². The van der Waals surface area contributed by atoms with Crippen molar-refractivity contribution in [1.29, 1.82) is 0 Å². The molecule has 0 amide bonds. The summed E-state index contributed by atoms with van der Waals surface area (Å²) in [5.74, 6) is 6.45. The Morgan fingerprint density at radius 2 is 2.17 bits per heavy atom. The smallest absolute Gasteiger partial charge is 0.119 e. The Hall–Kier alpha value is -1.10. The van der Waals surface area contributed by atoms with Crippen LogP contribution in [-0.2, 0) is 11.2 Å². The first kappa shape index (κ1) is 15.0. The minimum Gasteiger partial charge on any atom is -0.497 e. The Balaban J connectivity index is 2.41. The average Bonchev–Trinajstić information content (AvgIpc) is 2.42. The Kier molecular flexibility index (Phi) is 7.41. The highest BCUT2D eigenvalue weighted by molar-refractivity contribution is 5.28. The molecule has 0 saturated carbocycles. The van der Waals surface area contributed by atoms with Crippen LogP contribution >= 0.6 is 0 Å². The molecule has 0 radical (unpaired) electrons. The lowest BCUT2D eigenvalue weighted by atomic mass is 10.0. The lowest BCUT2D eigenvalue weighted by molar-refractivity contribution is 0.124. The highest BCUT2D eigenvalue weighted by atomic mass is 16.5. The Morgan fingerprint density at radius 3 is 2.83 bits per heavy atom. The molecule has 4 heteroatoms. The molecule has 0 fully saturated rings. The molecule has 18 heavy (non-hydrogen) atoms. The summed E-state index contributed by atoms with van der Waals surface area (Å²) in [7, 11) is 1.68. The van der Waals surface area contributed by atoms with Crippen LogP contribution in [-0.4, -0.2) is 26.4 Å². The molecule has 0 aliphatic carbocycles. The summed E-state index contributed by atoms with van der Waals surface area (Å²) in [4.78, 5) is 0. The van der Waals surface area contributed by atoms with Crippen molar-refractivity contribution in [3.8, 4) is 5.75 Å². The number of benzene rings is 1. The second-order valence-electron chi connectivity index (χ2n) is 4.32. The van der Waals surface area contributed by atoms with Gasteiger partial charge in [-0.15, -0.1) is 0 Å². The SMILES string of the molecule is CCCOCCC(Cc1cccc(OC)c1)NN. The van der Waals surface area contributed by atoms with Gasteiger partial charge in [-0.05, 0) is 37.0 Å². The summed E-state index contributed by atoms with van der Waals surface area (Å²) >= 11 is 0. The van der Waals surface area contributed by atoms with Gasteiger partial charge in [0.05, 0.1) is 7.11 Å². The number of rotatable bonds is 9. The number of hydrogen-bond donors (Lipinski definition) is 2. The summed E-state index contributed by atoms with van der Waals surface area (Å²) in [6.07, 6.45) is 2.84. The van der Waals surface area contributed by atoms with E-state index in [9.17, 15) is 0 Å². The molecule has 4 nitrogen and oxygen atoms in total. The summed E-state index contributed by atoms with van der Waals surface area (Å²) in [6.45, 7) is 3.66. The maximum atomic E-state index is 5.57. The number of nitrogens with one attached hydrogen (secondary N) is 1. The molecule has 0 aliphatic heterocycles. The van der Waals surface area contributed by atoms with Crippen LogP contribution in [0.25, 0.3) is 0 Å². The summed E-state index contributed by atoms with van der Waals surface area (Å²) in [6, 6.07) is 8.29. The summed E-state index contributed by atoms with van der Waals surface area (Å²) in [5.41, 5.74) is 4.06. The van der Waals surface area contributed by atoms with Crippen molar-refractivity contribution in [3.63, 3.8) is 0 Å². The zero-order valence-electron chi connectivity index (χ0n) is 11.3. The van der Waals surface area contributed by atoms with Gasteiger partial charge in [-0.1, -0.05) is 19.1 Å². The van der Waals surface area contributed by atoms with Crippen LogP contribution in [0.2, 0.25) is 0 Å². The van der Waals surface area contributed by atoms with Crippen LogP contribution in [0, 0.1) is 0 Å². The predicted octanol–water partition coefficient (Wildman–Crippen LogP) is 1.89. The van der Waals surface area contributed by atoms with Crippen LogP contribution in [0.5, 0.6) is 5.75 Å². The minimum absolute atomic E-state index is 0.231. The second-order valence-corrected chi connectivity index (χ2v) is 4.32. The molecule has 0 heterocycles. The van der Waals surface area contributed by atoms with Crippen molar-refractivity contribution in [2.45, 2.75) is 32.2 Å². The lowest BCUT2D eigenvalue weighted by Gasteiger charge is -2.16. The van der Waals surface area contributed by atoms with Gasteiger partial charge < -0.3 is 9.47 Å². The Bertz CT molecular complexity index is 331. The number of ether oxygens (including phenoxy) is 2. The van der Waals surface area contributed by atoms with E-state index < -0.39 is 0 Å². The van der Waals surface area contributed by atoms with Crippen molar-refractivity contribution in [2.75, 3.05) is 20.3 Å². The predicted molar refractivity (Wildman–Crippen MR) is 73.5 cm³/mol. The fourth-order valence-corrected chi connectivity index (χ4v) is 1.80. The van der Waals surface area contributed by atoms with Crippen molar-refractivity contribution >= 4 is 0 Å². The largest absolute Gasteiger partial charge is 0.497 e. The van der Waals surface area contributed by atoms with Gasteiger partial charge in [0.1, 0.15) is 5.75 Å². The molecule has 0 saturated heterocycles. The maximum absolute atomic E-state index is 5.57. The molecule has 1 rings (SSSR count). The third-order valence-electron chi connectivity index (χ3n) is 2.81. The van der Waals surface area contributed by atoms with Crippen LogP contribution in [0.15, 0.2) is 24.3 Å². The molecule has 1 unspecified atom stereocenters. The van der Waals surface area contributed by atoms with Crippen LogP contribution < -0.4 is 16.0 Å². The topological polar surface area (TPSA) is 56.5 Å². The van der Waals surface area contributed by atoms with E-state index in [0.717, 1.165) is 38.2 Å². The third-order valence-corrected chi connectivity index (χ3v) is 2.81. The van der Waals surface area contributed by atoms with Gasteiger partial charge >= 0.3 is 0 Å². The Morgan fingerprint density at radius 1 is 1.33 bits per heavy atom. The van der Waals surface area contributed by atoms with Crippen molar-refractivity contribution in [2.24, 2.45) is 5.84 Å². The van der Waals surface area contributed by atoms with Crippen LogP contribution in [0.4, 0.5) is 0 Å². The standard InChI is InChI=1S/C14H24N2O2/c1-3-8-18-9-7-13(16-15)10-12-5-4-6-14(11-12)17-2/h4-6,11,13,16H,3,7-10,15H2,1-2H3. The first-order valence-electron chi connectivity index (χ1n) is 6.47. The van der Waals surface area contributed by atoms with Gasteiger partial charge in [0.2, 0.25) is 0 Å². The molecule has 0 bridgehead atoms. The normalized spacial score (nSPS) is 12.4. The molecular weight excluding hydrogens is 228 g/mol. The van der Waals surface area contributed by atoms with Crippen molar-refractivity contribution in [3.05, 3.63) is 29.8 Å². The van der Waals surface area contributed by atoms with Crippen molar-refractivity contribution in [1.82, 2.24) is 5.43 Å². The number of methoxy groups -OCH3 is 1. The van der Waals surface area contributed by atoms with E-state index in [1.54, 1.807) is 7.11 Å². The summed E-state index contributed by atoms with van der Waals surface area (Å²) in [5, 5.41) is 0. The van der Waals surface area contributed by atoms with Crippen LogP contribution in [0.3, 0.4) is 0 Å². The van der Waals surface area contributed by atoms with Gasteiger partial charge in [0.15, 0.2) is 0 Å². The first-order valence-corrected chi connectivity index (χ1v) is 6.47. The van der Waals surface area contributed by atoms with Gasteiger partial charge in [0, 0.05) is 19.3 Å². The van der Waals surface area contributed by atoms with Crippen molar-refractivity contribution < 1.29 is 9.47 Å². The zero-order chi connectivity index (χ0) is 13.2. The highest BCUT2D eigenvalue weighted by Gasteiger charge is 2.08. The van der Waals surface area contributed by atoms with E-state index in [-0.39, 0.29) is 6.04 Å². The highest BCUT2D eigenvalue weighted by Crippen LogP contribution is 2.14. The minimum atomic E-state index is 0.231. The molecule has 0 spiro atoms. The monoisotopic (exact) mass is 252 g/mol. The second kappa shape index (κ2) is 8.91. The lowest BCUT2D eigenvalue weighted by Crippen LogP contribution is -2.37. The number of hydrazine groups is 1. The molecular formula is C14H24N2O2. The van der Waals surface area contributed by atoms with Gasteiger partial charge in [-0.2, -0.15) is 0 Å². The molecule has 1 atom stereocenters. The molecule has 3 N–H and O–H groups in total. The molecule has 1 aromatic carbocycles. The molecule has 1 aromatic rings. The van der Waals surface area contributed by atoms with E-state index in [4.69, 9.17) is 15.3 Å². The van der Waals surface area contributed by atoms with Crippen LogP contribution in [0.1, 0.15) is 25.3 Å². The maximum Gasteiger partial charge on any atom is 0.119 e. The fraction of sp³-hybridized carbons (Fsp3) is 0.571.